The molecule has 0 amide bonds. The molecule has 1 heterocycles. The Morgan fingerprint density at radius 1 is 1.33 bits per heavy atom. The van der Waals surface area contributed by atoms with Gasteiger partial charge in [-0.1, -0.05) is 6.92 Å². The van der Waals surface area contributed by atoms with Crippen LogP contribution in [0.1, 0.15) is 31.3 Å². The first-order chi connectivity index (χ1) is 10.1. The quantitative estimate of drug-likeness (QED) is 0.596. The third kappa shape index (κ3) is 3.91. The number of nitro groups is 1. The van der Waals surface area contributed by atoms with E-state index in [9.17, 15) is 10.1 Å². The molecule has 0 spiro atoms. The molecule has 0 fully saturated rings. The number of benzene rings is 1. The summed E-state index contributed by atoms with van der Waals surface area (Å²) in [6, 6.07) is 5.03. The normalized spacial score (nSPS) is 11.9. The van der Waals surface area contributed by atoms with Crippen molar-refractivity contribution in [3.05, 3.63) is 44.9 Å². The highest BCUT2D eigenvalue weighted by Crippen LogP contribution is 2.29. The van der Waals surface area contributed by atoms with Crippen LogP contribution in [0.4, 0.5) is 17.1 Å². The Bertz CT molecular complexity index is 601. The summed E-state index contributed by atoms with van der Waals surface area (Å²) < 4.78 is 0. The molecule has 2 aromatic rings. The molecule has 1 unspecified atom stereocenters. The molecule has 2 rings (SSSR count). The maximum Gasteiger partial charge on any atom is 0.273 e. The SMILES string of the molecule is CCNc1cc(NC(CC)c2nccs2)cc([N+](=O)[O-])c1. The molecule has 1 atom stereocenters. The minimum atomic E-state index is -0.379. The molecule has 7 heteroatoms. The number of nitrogens with zero attached hydrogens (tertiary/aromatic N) is 2. The molecule has 2 N–H and O–H groups in total. The Kier molecular flexibility index (Phi) is 5.10. The van der Waals surface area contributed by atoms with Gasteiger partial charge in [0.05, 0.1) is 11.0 Å². The third-order valence-electron chi connectivity index (χ3n) is 3.01. The largest absolute Gasteiger partial charge is 0.385 e. The molecule has 0 radical (unpaired) electrons. The number of rotatable bonds is 7. The number of nitro benzene ring substituents is 1. The van der Waals surface area contributed by atoms with Crippen LogP contribution in [0, 0.1) is 10.1 Å². The molecule has 112 valence electrons. The Morgan fingerprint density at radius 2 is 2.10 bits per heavy atom. The summed E-state index contributed by atoms with van der Waals surface area (Å²) in [5.74, 6) is 0. The number of anilines is 2. The van der Waals surface area contributed by atoms with Crippen LogP contribution in [0.25, 0.3) is 0 Å². The van der Waals surface area contributed by atoms with Gasteiger partial charge in [-0.3, -0.25) is 10.1 Å². The highest BCUT2D eigenvalue weighted by atomic mass is 32.1. The van der Waals surface area contributed by atoms with Gasteiger partial charge in [0, 0.05) is 41.6 Å². The summed E-state index contributed by atoms with van der Waals surface area (Å²) in [5.41, 5.74) is 1.54. The van der Waals surface area contributed by atoms with Gasteiger partial charge in [-0.15, -0.1) is 11.3 Å². The van der Waals surface area contributed by atoms with Crippen molar-refractivity contribution >= 4 is 28.4 Å². The van der Waals surface area contributed by atoms with Crippen LogP contribution in [0.5, 0.6) is 0 Å². The third-order valence-corrected chi connectivity index (χ3v) is 3.90. The summed E-state index contributed by atoms with van der Waals surface area (Å²) in [4.78, 5) is 15.0. The van der Waals surface area contributed by atoms with Gasteiger partial charge < -0.3 is 10.6 Å². The van der Waals surface area contributed by atoms with E-state index < -0.39 is 0 Å². The van der Waals surface area contributed by atoms with Crippen molar-refractivity contribution in [2.45, 2.75) is 26.3 Å². The van der Waals surface area contributed by atoms with E-state index in [1.807, 2.05) is 18.4 Å². The van der Waals surface area contributed by atoms with E-state index in [0.29, 0.717) is 6.54 Å². The zero-order valence-corrected chi connectivity index (χ0v) is 12.8. The summed E-state index contributed by atoms with van der Waals surface area (Å²) >= 11 is 1.58. The van der Waals surface area contributed by atoms with Gasteiger partial charge in [-0.25, -0.2) is 4.98 Å². The molecule has 0 bridgehead atoms. The second-order valence-corrected chi connectivity index (χ2v) is 5.46. The van der Waals surface area contributed by atoms with E-state index in [0.717, 1.165) is 22.8 Å². The second kappa shape index (κ2) is 7.03. The van der Waals surface area contributed by atoms with Gasteiger partial charge in [0.1, 0.15) is 5.01 Å². The van der Waals surface area contributed by atoms with Gasteiger partial charge in [0.25, 0.3) is 5.69 Å². The summed E-state index contributed by atoms with van der Waals surface area (Å²) in [7, 11) is 0. The van der Waals surface area contributed by atoms with Crippen LogP contribution < -0.4 is 10.6 Å². The molecule has 21 heavy (non-hydrogen) atoms. The first-order valence-electron chi connectivity index (χ1n) is 6.83. The fourth-order valence-corrected chi connectivity index (χ4v) is 2.82. The average molecular weight is 306 g/mol. The molecule has 0 aliphatic heterocycles. The van der Waals surface area contributed by atoms with Crippen LogP contribution in [0.2, 0.25) is 0 Å². The molecule has 1 aromatic carbocycles. The zero-order valence-electron chi connectivity index (χ0n) is 12.0. The number of hydrogen-bond acceptors (Lipinski definition) is 6. The monoisotopic (exact) mass is 306 g/mol. The Balaban J connectivity index is 2.27. The predicted octanol–water partition coefficient (Wildman–Crippen LogP) is 4.05. The van der Waals surface area contributed by atoms with Crippen LogP contribution >= 0.6 is 11.3 Å². The van der Waals surface area contributed by atoms with Crippen molar-refractivity contribution in [3.63, 3.8) is 0 Å². The van der Waals surface area contributed by atoms with Crippen LogP contribution in [-0.2, 0) is 0 Å². The number of thiazole rings is 1. The van der Waals surface area contributed by atoms with Crippen molar-refractivity contribution in [2.75, 3.05) is 17.2 Å². The van der Waals surface area contributed by atoms with E-state index >= 15 is 0 Å². The average Bonchev–Trinajstić information content (AvgIpc) is 2.99. The first kappa shape index (κ1) is 15.2. The zero-order chi connectivity index (χ0) is 15.2. The van der Waals surface area contributed by atoms with Crippen LogP contribution in [-0.4, -0.2) is 16.5 Å². The molecule has 0 aliphatic carbocycles. The number of non-ortho nitro benzene ring substituents is 1. The van der Waals surface area contributed by atoms with Gasteiger partial charge in [0.2, 0.25) is 0 Å². The lowest BCUT2D eigenvalue weighted by Crippen LogP contribution is -2.10. The summed E-state index contributed by atoms with van der Waals surface area (Å²) in [6.45, 7) is 4.72. The van der Waals surface area contributed by atoms with Crippen LogP contribution in [0.3, 0.4) is 0 Å². The Morgan fingerprint density at radius 3 is 2.67 bits per heavy atom. The molecule has 0 saturated carbocycles. The van der Waals surface area contributed by atoms with Gasteiger partial charge in [0.15, 0.2) is 0 Å². The van der Waals surface area contributed by atoms with Crippen LogP contribution in [0.15, 0.2) is 29.8 Å². The topological polar surface area (TPSA) is 80.1 Å². The standard InChI is InChI=1S/C14H18N4O2S/c1-3-13(14-16-5-6-21-14)17-11-7-10(15-4-2)8-12(9-11)18(19)20/h5-9,13,15,17H,3-4H2,1-2H3. The first-order valence-corrected chi connectivity index (χ1v) is 7.71. The fourth-order valence-electron chi connectivity index (χ4n) is 2.05. The predicted molar refractivity (Wildman–Crippen MR) is 86.0 cm³/mol. The van der Waals surface area contributed by atoms with Crippen molar-refractivity contribution < 1.29 is 4.92 Å². The van der Waals surface area contributed by atoms with E-state index in [2.05, 4.69) is 22.5 Å². The molecular weight excluding hydrogens is 288 g/mol. The van der Waals surface area contributed by atoms with Crippen molar-refractivity contribution in [1.82, 2.24) is 4.98 Å². The Hall–Kier alpha value is -2.15. The van der Waals surface area contributed by atoms with Crippen molar-refractivity contribution in [2.24, 2.45) is 0 Å². The van der Waals surface area contributed by atoms with Gasteiger partial charge >= 0.3 is 0 Å². The lowest BCUT2D eigenvalue weighted by Gasteiger charge is -2.16. The molecular formula is C14H18N4O2S. The van der Waals surface area contributed by atoms with Gasteiger partial charge in [-0.2, -0.15) is 0 Å². The van der Waals surface area contributed by atoms with E-state index in [4.69, 9.17) is 0 Å². The minimum absolute atomic E-state index is 0.0569. The Labute approximate surface area is 127 Å². The smallest absolute Gasteiger partial charge is 0.273 e. The second-order valence-electron chi connectivity index (χ2n) is 4.53. The summed E-state index contributed by atoms with van der Waals surface area (Å²) in [6.07, 6.45) is 2.62. The lowest BCUT2D eigenvalue weighted by atomic mass is 10.2. The highest BCUT2D eigenvalue weighted by Gasteiger charge is 2.15. The highest BCUT2D eigenvalue weighted by molar-refractivity contribution is 7.09. The molecule has 6 nitrogen and oxygen atoms in total. The van der Waals surface area contributed by atoms with Crippen molar-refractivity contribution in [1.29, 1.82) is 0 Å². The summed E-state index contributed by atoms with van der Waals surface area (Å²) in [5, 5.41) is 20.4. The maximum atomic E-state index is 11.0. The van der Waals surface area contributed by atoms with Crippen molar-refractivity contribution in [3.8, 4) is 0 Å². The van der Waals surface area contributed by atoms with E-state index in [1.165, 1.54) is 0 Å². The van der Waals surface area contributed by atoms with E-state index in [1.54, 1.807) is 29.7 Å². The molecule has 0 saturated heterocycles. The van der Waals surface area contributed by atoms with Gasteiger partial charge in [-0.05, 0) is 19.4 Å². The minimum Gasteiger partial charge on any atom is -0.385 e. The molecule has 1 aromatic heterocycles. The maximum absolute atomic E-state index is 11.0. The lowest BCUT2D eigenvalue weighted by molar-refractivity contribution is -0.384. The molecule has 0 aliphatic rings. The number of nitrogens with one attached hydrogen (secondary N) is 2. The van der Waals surface area contributed by atoms with E-state index in [-0.39, 0.29) is 16.7 Å². The number of hydrogen-bond donors (Lipinski definition) is 2. The number of aromatic nitrogens is 1. The fraction of sp³-hybridized carbons (Fsp3) is 0.357.